The minimum Gasteiger partial charge on any atom is -0.340 e. The predicted molar refractivity (Wildman–Crippen MR) is 73.5 cm³/mol. The number of nitrogens with zero attached hydrogens (tertiary/aromatic N) is 2. The molecule has 1 saturated heterocycles. The third-order valence-corrected chi connectivity index (χ3v) is 4.61. The molecule has 0 aromatic heterocycles. The van der Waals surface area contributed by atoms with Crippen LogP contribution in [0, 0.1) is 0 Å². The van der Waals surface area contributed by atoms with Crippen LogP contribution in [0.4, 0.5) is 0 Å². The second-order valence-corrected chi connectivity index (χ2v) is 5.75. The first-order valence-corrected chi connectivity index (χ1v) is 7.35. The van der Waals surface area contributed by atoms with Gasteiger partial charge in [-0.3, -0.25) is 9.69 Å². The molecular formula is C14H27N3O. The van der Waals surface area contributed by atoms with Crippen LogP contribution < -0.4 is 5.32 Å². The number of likely N-dealkylation sites (N-methyl/N-ethyl adjacent to an activating group) is 3. The van der Waals surface area contributed by atoms with Gasteiger partial charge in [0, 0.05) is 25.7 Å². The van der Waals surface area contributed by atoms with Gasteiger partial charge in [0.2, 0.25) is 5.91 Å². The Balaban J connectivity index is 1.96. The van der Waals surface area contributed by atoms with Crippen molar-refractivity contribution in [1.29, 1.82) is 0 Å². The van der Waals surface area contributed by atoms with E-state index in [1.54, 1.807) is 0 Å². The molecule has 1 aliphatic carbocycles. The number of carbonyl (C=O) groups is 1. The van der Waals surface area contributed by atoms with Crippen molar-refractivity contribution in [1.82, 2.24) is 15.1 Å². The molecule has 2 aliphatic rings. The summed E-state index contributed by atoms with van der Waals surface area (Å²) in [5, 5.41) is 3.55. The Hall–Kier alpha value is -0.610. The Morgan fingerprint density at radius 1 is 1.33 bits per heavy atom. The molecule has 0 radical (unpaired) electrons. The molecule has 0 aromatic carbocycles. The molecule has 0 unspecified atom stereocenters. The highest BCUT2D eigenvalue weighted by Gasteiger charge is 2.37. The lowest BCUT2D eigenvalue weighted by atomic mass is 9.88. The summed E-state index contributed by atoms with van der Waals surface area (Å²) < 4.78 is 0. The van der Waals surface area contributed by atoms with Gasteiger partial charge in [-0.15, -0.1) is 0 Å². The highest BCUT2D eigenvalue weighted by molar-refractivity contribution is 5.82. The van der Waals surface area contributed by atoms with Crippen LogP contribution in [0.25, 0.3) is 0 Å². The quantitative estimate of drug-likeness (QED) is 0.814. The number of likely N-dealkylation sites (tertiary alicyclic amines) is 1. The van der Waals surface area contributed by atoms with Gasteiger partial charge in [0.25, 0.3) is 0 Å². The first-order chi connectivity index (χ1) is 8.65. The number of hydrogen-bond donors (Lipinski definition) is 1. The van der Waals surface area contributed by atoms with Crippen molar-refractivity contribution < 1.29 is 4.79 Å². The first-order valence-electron chi connectivity index (χ1n) is 7.35. The lowest BCUT2D eigenvalue weighted by Gasteiger charge is -2.44. The van der Waals surface area contributed by atoms with Crippen molar-refractivity contribution in [2.24, 2.45) is 0 Å². The van der Waals surface area contributed by atoms with Gasteiger partial charge < -0.3 is 10.2 Å². The van der Waals surface area contributed by atoms with E-state index >= 15 is 0 Å². The van der Waals surface area contributed by atoms with Gasteiger partial charge >= 0.3 is 0 Å². The summed E-state index contributed by atoms with van der Waals surface area (Å²) >= 11 is 0. The average Bonchev–Trinajstić information content (AvgIpc) is 2.37. The Bertz CT molecular complexity index is 293. The van der Waals surface area contributed by atoms with Crippen molar-refractivity contribution in [3.8, 4) is 0 Å². The van der Waals surface area contributed by atoms with E-state index in [-0.39, 0.29) is 6.04 Å². The largest absolute Gasteiger partial charge is 0.340 e. The molecule has 3 atom stereocenters. The number of rotatable bonds is 4. The standard InChI is InChI=1S/C14H27N3O/c1-4-15-11-7-5-6-8-12(11)17(3)14(18)13-9-10-16(13)2/h11-13,15H,4-10H2,1-3H3/t11-,12-,13+/m0/s1. The van der Waals surface area contributed by atoms with E-state index in [9.17, 15) is 4.79 Å². The third kappa shape index (κ3) is 2.69. The Kier molecular flexibility index (Phi) is 4.62. The molecule has 1 heterocycles. The highest BCUT2D eigenvalue weighted by Crippen LogP contribution is 2.25. The molecule has 0 aromatic rings. The zero-order valence-corrected chi connectivity index (χ0v) is 12.0. The van der Waals surface area contributed by atoms with Crippen LogP contribution in [0.1, 0.15) is 39.0 Å². The molecule has 2 rings (SSSR count). The topological polar surface area (TPSA) is 35.6 Å². The molecule has 2 fully saturated rings. The average molecular weight is 253 g/mol. The monoisotopic (exact) mass is 253 g/mol. The van der Waals surface area contributed by atoms with Crippen LogP contribution in [0.2, 0.25) is 0 Å². The lowest BCUT2D eigenvalue weighted by Crippen LogP contribution is -2.59. The number of nitrogens with one attached hydrogen (secondary N) is 1. The van der Waals surface area contributed by atoms with E-state index in [2.05, 4.69) is 17.1 Å². The normalized spacial score (nSPS) is 32.9. The van der Waals surface area contributed by atoms with Crippen molar-refractivity contribution in [3.05, 3.63) is 0 Å². The van der Waals surface area contributed by atoms with Crippen LogP contribution in [0.15, 0.2) is 0 Å². The van der Waals surface area contributed by atoms with Gasteiger partial charge in [-0.2, -0.15) is 0 Å². The smallest absolute Gasteiger partial charge is 0.240 e. The molecule has 0 bridgehead atoms. The number of carbonyl (C=O) groups excluding carboxylic acids is 1. The second kappa shape index (κ2) is 6.02. The van der Waals surface area contributed by atoms with Gasteiger partial charge in [0.15, 0.2) is 0 Å². The molecule has 4 heteroatoms. The highest BCUT2D eigenvalue weighted by atomic mass is 16.2. The maximum Gasteiger partial charge on any atom is 0.240 e. The minimum atomic E-state index is 0.138. The Morgan fingerprint density at radius 3 is 2.61 bits per heavy atom. The van der Waals surface area contributed by atoms with Crippen LogP contribution in [0.5, 0.6) is 0 Å². The molecule has 1 N–H and O–H groups in total. The molecule has 104 valence electrons. The molecule has 1 amide bonds. The van der Waals surface area contributed by atoms with Gasteiger partial charge in [0.1, 0.15) is 0 Å². The van der Waals surface area contributed by atoms with E-state index in [4.69, 9.17) is 0 Å². The summed E-state index contributed by atoms with van der Waals surface area (Å²) in [5.41, 5.74) is 0. The van der Waals surface area contributed by atoms with Crippen LogP contribution >= 0.6 is 0 Å². The van der Waals surface area contributed by atoms with Crippen LogP contribution in [-0.4, -0.2) is 61.0 Å². The summed E-state index contributed by atoms with van der Waals surface area (Å²) in [5.74, 6) is 0.318. The predicted octanol–water partition coefficient (Wildman–Crippen LogP) is 1.07. The van der Waals surface area contributed by atoms with Gasteiger partial charge in [-0.05, 0) is 32.9 Å². The Morgan fingerprint density at radius 2 is 2.06 bits per heavy atom. The molecule has 18 heavy (non-hydrogen) atoms. The zero-order chi connectivity index (χ0) is 13.1. The van der Waals surface area contributed by atoms with Crippen LogP contribution in [0.3, 0.4) is 0 Å². The van der Waals surface area contributed by atoms with Gasteiger partial charge in [-0.25, -0.2) is 0 Å². The minimum absolute atomic E-state index is 0.138. The molecular weight excluding hydrogens is 226 g/mol. The summed E-state index contributed by atoms with van der Waals surface area (Å²) in [6.07, 6.45) is 5.93. The Labute approximate surface area is 111 Å². The van der Waals surface area contributed by atoms with Crippen LogP contribution in [-0.2, 0) is 4.79 Å². The maximum atomic E-state index is 12.4. The fraction of sp³-hybridized carbons (Fsp3) is 0.929. The second-order valence-electron chi connectivity index (χ2n) is 5.75. The molecule has 1 saturated carbocycles. The molecule has 4 nitrogen and oxygen atoms in total. The van der Waals surface area contributed by atoms with Crippen molar-refractivity contribution in [2.75, 3.05) is 27.2 Å². The summed E-state index contributed by atoms with van der Waals surface area (Å²) in [7, 11) is 4.04. The molecule has 0 spiro atoms. The lowest BCUT2D eigenvalue weighted by molar-refractivity contribution is -0.142. The van der Waals surface area contributed by atoms with E-state index < -0.39 is 0 Å². The van der Waals surface area contributed by atoms with E-state index in [1.165, 1.54) is 19.3 Å². The van der Waals surface area contributed by atoms with E-state index in [1.807, 2.05) is 19.0 Å². The van der Waals surface area contributed by atoms with E-state index in [0.717, 1.165) is 25.9 Å². The van der Waals surface area contributed by atoms with Gasteiger partial charge in [-0.1, -0.05) is 19.8 Å². The van der Waals surface area contributed by atoms with Crippen molar-refractivity contribution >= 4 is 5.91 Å². The fourth-order valence-corrected chi connectivity index (χ4v) is 3.30. The summed E-state index contributed by atoms with van der Waals surface area (Å²) in [6, 6.07) is 1.02. The first kappa shape index (κ1) is 13.8. The van der Waals surface area contributed by atoms with E-state index in [0.29, 0.717) is 18.0 Å². The van der Waals surface area contributed by atoms with Crippen molar-refractivity contribution in [3.63, 3.8) is 0 Å². The number of amides is 1. The maximum absolute atomic E-state index is 12.4. The summed E-state index contributed by atoms with van der Waals surface area (Å²) in [6.45, 7) is 4.20. The third-order valence-electron chi connectivity index (χ3n) is 4.61. The number of hydrogen-bond acceptors (Lipinski definition) is 3. The summed E-state index contributed by atoms with van der Waals surface area (Å²) in [4.78, 5) is 16.6. The fourth-order valence-electron chi connectivity index (χ4n) is 3.30. The van der Waals surface area contributed by atoms with Gasteiger partial charge in [0.05, 0.1) is 6.04 Å². The molecule has 1 aliphatic heterocycles. The SMILES string of the molecule is CCN[C@H]1CCCC[C@@H]1N(C)C(=O)[C@H]1CCN1C. The zero-order valence-electron chi connectivity index (χ0n) is 12.0. The van der Waals surface area contributed by atoms with Crippen molar-refractivity contribution in [2.45, 2.75) is 57.2 Å².